The molecule has 1 amide bonds. The maximum atomic E-state index is 16.0. The Bertz CT molecular complexity index is 1880. The number of halogens is 2. The zero-order valence-electron chi connectivity index (χ0n) is 28.3. The van der Waals surface area contributed by atoms with Crippen LogP contribution in [0.25, 0.3) is 11.1 Å². The van der Waals surface area contributed by atoms with Crippen molar-refractivity contribution in [1.29, 1.82) is 0 Å². The number of anilines is 1. The van der Waals surface area contributed by atoms with E-state index in [0.717, 1.165) is 23.1 Å². The number of piperazine rings is 1. The number of ether oxygens (including phenoxy) is 3. The van der Waals surface area contributed by atoms with Gasteiger partial charge in [0.15, 0.2) is 0 Å². The highest BCUT2D eigenvalue weighted by Crippen LogP contribution is 2.37. The van der Waals surface area contributed by atoms with E-state index >= 15 is 8.78 Å². The predicted octanol–water partition coefficient (Wildman–Crippen LogP) is 7.72. The fraction of sp³-hybridized carbons (Fsp3) is 0.268. The van der Waals surface area contributed by atoms with Gasteiger partial charge in [0.1, 0.15) is 31.5 Å². The van der Waals surface area contributed by atoms with E-state index in [1.54, 1.807) is 17.0 Å². The molecule has 2 fully saturated rings. The third kappa shape index (κ3) is 8.46. The monoisotopic (exact) mass is 690 g/mol. The van der Waals surface area contributed by atoms with Gasteiger partial charge in [-0.3, -0.25) is 4.90 Å². The van der Waals surface area contributed by atoms with Crippen LogP contribution in [0.4, 0.5) is 19.3 Å². The summed E-state index contributed by atoms with van der Waals surface area (Å²) >= 11 is 0. The Morgan fingerprint density at radius 3 is 1.86 bits per heavy atom. The fourth-order valence-electron chi connectivity index (χ4n) is 6.62. The van der Waals surface area contributed by atoms with Crippen LogP contribution in [0.5, 0.6) is 11.8 Å². The highest BCUT2D eigenvalue weighted by Gasteiger charge is 2.32. The molecule has 0 bridgehead atoms. The molecule has 2 saturated heterocycles. The number of benzene rings is 4. The van der Waals surface area contributed by atoms with Crippen molar-refractivity contribution in [2.24, 2.45) is 0 Å². The van der Waals surface area contributed by atoms with Gasteiger partial charge in [0, 0.05) is 57.1 Å². The molecule has 0 spiro atoms. The van der Waals surface area contributed by atoms with Crippen LogP contribution in [0, 0.1) is 11.6 Å². The van der Waals surface area contributed by atoms with Crippen molar-refractivity contribution in [1.82, 2.24) is 14.8 Å². The van der Waals surface area contributed by atoms with Crippen molar-refractivity contribution in [3.05, 3.63) is 144 Å². The van der Waals surface area contributed by atoms with Crippen LogP contribution in [0.3, 0.4) is 0 Å². The van der Waals surface area contributed by atoms with Crippen LogP contribution in [0.15, 0.2) is 115 Å². The molecule has 8 nitrogen and oxygen atoms in total. The summed E-state index contributed by atoms with van der Waals surface area (Å²) < 4.78 is 49.4. The largest absolute Gasteiger partial charge is 0.473 e. The highest BCUT2D eigenvalue weighted by molar-refractivity contribution is 5.73. The Morgan fingerprint density at radius 1 is 0.686 bits per heavy atom. The SMILES string of the molecule is O=C(OCc1ccccc1)N1CCN([C@H]2CCN(c3cc(F)c(-c4ccc(OCc5ccccc5)nc4OCc4ccccc4)c(F)c3)C2)CC1. The summed E-state index contributed by atoms with van der Waals surface area (Å²) in [6.07, 6.45) is 0.547. The van der Waals surface area contributed by atoms with Crippen molar-refractivity contribution in [3.63, 3.8) is 0 Å². The molecule has 262 valence electrons. The van der Waals surface area contributed by atoms with Gasteiger partial charge in [-0.15, -0.1) is 0 Å². The average Bonchev–Trinajstić information content (AvgIpc) is 3.68. The lowest BCUT2D eigenvalue weighted by atomic mass is 10.0. The summed E-state index contributed by atoms with van der Waals surface area (Å²) in [5.74, 6) is -1.02. The molecule has 0 aliphatic carbocycles. The Balaban J connectivity index is 1.01. The first-order chi connectivity index (χ1) is 25.0. The number of nitrogens with zero attached hydrogens (tertiary/aromatic N) is 4. The van der Waals surface area contributed by atoms with Crippen LogP contribution in [0.1, 0.15) is 23.1 Å². The van der Waals surface area contributed by atoms with Gasteiger partial charge in [0.05, 0.1) is 11.1 Å². The summed E-state index contributed by atoms with van der Waals surface area (Å²) in [6.45, 7) is 4.58. The lowest BCUT2D eigenvalue weighted by molar-refractivity contribution is 0.0624. The van der Waals surface area contributed by atoms with Gasteiger partial charge >= 0.3 is 6.09 Å². The second-order valence-corrected chi connectivity index (χ2v) is 12.8. The fourth-order valence-corrected chi connectivity index (χ4v) is 6.62. The Morgan fingerprint density at radius 2 is 1.25 bits per heavy atom. The van der Waals surface area contributed by atoms with Gasteiger partial charge in [-0.2, -0.15) is 4.98 Å². The first kappa shape index (κ1) is 34.0. The molecular formula is C41H40F2N4O4. The Labute approximate surface area is 296 Å². The molecule has 2 aliphatic rings. The minimum absolute atomic E-state index is 0.0827. The summed E-state index contributed by atoms with van der Waals surface area (Å²) in [4.78, 5) is 23.3. The minimum atomic E-state index is -0.694. The third-order valence-electron chi connectivity index (χ3n) is 9.40. The van der Waals surface area contributed by atoms with Crippen LogP contribution in [-0.4, -0.2) is 66.2 Å². The van der Waals surface area contributed by atoms with Gasteiger partial charge in [0.25, 0.3) is 0 Å². The quantitative estimate of drug-likeness (QED) is 0.141. The molecule has 5 aromatic rings. The van der Waals surface area contributed by atoms with Crippen LogP contribution >= 0.6 is 0 Å². The number of hydrogen-bond donors (Lipinski definition) is 0. The van der Waals surface area contributed by atoms with Crippen molar-refractivity contribution < 1.29 is 27.8 Å². The minimum Gasteiger partial charge on any atom is -0.473 e. The number of aromatic nitrogens is 1. The number of amides is 1. The van der Waals surface area contributed by atoms with E-state index in [9.17, 15) is 4.79 Å². The highest BCUT2D eigenvalue weighted by atomic mass is 19.1. The van der Waals surface area contributed by atoms with E-state index in [1.165, 1.54) is 12.1 Å². The van der Waals surface area contributed by atoms with E-state index in [2.05, 4.69) is 9.88 Å². The first-order valence-corrected chi connectivity index (χ1v) is 17.3. The van der Waals surface area contributed by atoms with E-state index < -0.39 is 11.6 Å². The second-order valence-electron chi connectivity index (χ2n) is 12.8. The Kier molecular flexibility index (Phi) is 10.7. The number of carbonyl (C=O) groups excluding carboxylic acids is 1. The summed E-state index contributed by atoms with van der Waals surface area (Å²) in [7, 11) is 0. The average molecular weight is 691 g/mol. The molecule has 2 aliphatic heterocycles. The number of carbonyl (C=O) groups is 1. The zero-order valence-corrected chi connectivity index (χ0v) is 28.3. The number of rotatable bonds is 11. The summed E-state index contributed by atoms with van der Waals surface area (Å²) in [6, 6.07) is 35.0. The van der Waals surface area contributed by atoms with Crippen molar-refractivity contribution in [3.8, 4) is 22.9 Å². The lowest BCUT2D eigenvalue weighted by Gasteiger charge is -2.37. The normalized spacial score (nSPS) is 16.2. The molecule has 0 radical (unpaired) electrons. The van der Waals surface area contributed by atoms with Gasteiger partial charge in [-0.05, 0) is 41.3 Å². The van der Waals surface area contributed by atoms with Gasteiger partial charge < -0.3 is 24.0 Å². The van der Waals surface area contributed by atoms with Crippen LogP contribution < -0.4 is 14.4 Å². The smallest absolute Gasteiger partial charge is 0.410 e. The van der Waals surface area contributed by atoms with E-state index in [-0.39, 0.29) is 54.8 Å². The van der Waals surface area contributed by atoms with E-state index in [1.807, 2.05) is 95.9 Å². The summed E-state index contributed by atoms with van der Waals surface area (Å²) in [5, 5.41) is 0. The zero-order chi connectivity index (χ0) is 35.0. The van der Waals surface area contributed by atoms with Crippen molar-refractivity contribution in [2.75, 3.05) is 44.2 Å². The van der Waals surface area contributed by atoms with E-state index in [0.29, 0.717) is 45.0 Å². The number of pyridine rings is 1. The maximum absolute atomic E-state index is 16.0. The molecule has 1 aromatic heterocycles. The van der Waals surface area contributed by atoms with E-state index in [4.69, 9.17) is 14.2 Å². The molecule has 0 N–H and O–H groups in total. The standard InChI is InChI=1S/C41H40F2N4O4/c42-36-24-34(47-19-18-33(26-47)45-20-22-46(23-21-45)41(48)51-29-32-14-8-3-9-15-32)25-37(43)39(36)35-16-17-38(49-27-30-10-4-1-5-11-30)44-40(35)50-28-31-12-6-2-7-13-31/h1-17,24-25,33H,18-23,26-29H2/t33-/m0/s1. The molecule has 0 unspecified atom stereocenters. The molecule has 3 heterocycles. The maximum Gasteiger partial charge on any atom is 0.410 e. The predicted molar refractivity (Wildman–Crippen MR) is 192 cm³/mol. The number of hydrogen-bond acceptors (Lipinski definition) is 7. The van der Waals surface area contributed by atoms with Crippen LogP contribution in [-0.2, 0) is 24.6 Å². The molecule has 1 atom stereocenters. The van der Waals surface area contributed by atoms with Gasteiger partial charge in [-0.25, -0.2) is 13.6 Å². The van der Waals surface area contributed by atoms with Crippen molar-refractivity contribution in [2.45, 2.75) is 32.3 Å². The van der Waals surface area contributed by atoms with Crippen LogP contribution in [0.2, 0.25) is 0 Å². The summed E-state index contributed by atoms with van der Waals surface area (Å²) in [5.41, 5.74) is 3.31. The van der Waals surface area contributed by atoms with Gasteiger partial charge in [0.2, 0.25) is 11.8 Å². The molecule has 51 heavy (non-hydrogen) atoms. The van der Waals surface area contributed by atoms with Gasteiger partial charge in [-0.1, -0.05) is 91.0 Å². The second kappa shape index (κ2) is 16.0. The Hall–Kier alpha value is -5.48. The molecule has 4 aromatic carbocycles. The third-order valence-corrected chi connectivity index (χ3v) is 9.40. The molecule has 10 heteroatoms. The molecule has 7 rings (SSSR count). The molecular weight excluding hydrogens is 650 g/mol. The van der Waals surface area contributed by atoms with Crippen molar-refractivity contribution >= 4 is 11.8 Å². The molecule has 0 saturated carbocycles. The lowest BCUT2D eigenvalue weighted by Crippen LogP contribution is -2.52. The topological polar surface area (TPSA) is 67.4 Å². The first-order valence-electron chi connectivity index (χ1n) is 17.3.